The molecule has 4 nitrogen and oxygen atoms in total. The SMILES string of the molecule is CC(C)(C)OC(=O)[C@@H]1NC(=O)C[C@H]1c1ccccc1. The highest BCUT2D eigenvalue weighted by atomic mass is 16.6. The van der Waals surface area contributed by atoms with Crippen molar-refractivity contribution >= 4 is 11.9 Å². The lowest BCUT2D eigenvalue weighted by atomic mass is 9.92. The molecule has 0 bridgehead atoms. The van der Waals surface area contributed by atoms with Crippen molar-refractivity contribution in [2.45, 2.75) is 44.8 Å². The standard InChI is InChI=1S/C15H19NO3/c1-15(2,3)19-14(18)13-11(9-12(17)16-13)10-7-5-4-6-8-10/h4-8,11,13H,9H2,1-3H3,(H,16,17)/t11-,13+/m0/s1. The van der Waals surface area contributed by atoms with Crippen LogP contribution in [0.2, 0.25) is 0 Å². The molecule has 1 amide bonds. The van der Waals surface area contributed by atoms with E-state index in [9.17, 15) is 9.59 Å². The zero-order chi connectivity index (χ0) is 14.0. The number of carbonyl (C=O) groups excluding carboxylic acids is 2. The second kappa shape index (κ2) is 5.03. The largest absolute Gasteiger partial charge is 0.458 e. The van der Waals surface area contributed by atoms with E-state index in [4.69, 9.17) is 4.74 Å². The molecule has 0 spiro atoms. The molecular weight excluding hydrogens is 242 g/mol. The predicted molar refractivity (Wildman–Crippen MR) is 71.6 cm³/mol. The highest BCUT2D eigenvalue weighted by Crippen LogP contribution is 2.29. The van der Waals surface area contributed by atoms with Crippen molar-refractivity contribution in [3.8, 4) is 0 Å². The van der Waals surface area contributed by atoms with Crippen LogP contribution < -0.4 is 5.32 Å². The van der Waals surface area contributed by atoms with Crippen LogP contribution in [0.4, 0.5) is 0 Å². The maximum Gasteiger partial charge on any atom is 0.329 e. The van der Waals surface area contributed by atoms with Gasteiger partial charge in [-0.25, -0.2) is 4.79 Å². The van der Waals surface area contributed by atoms with Crippen LogP contribution in [-0.4, -0.2) is 23.5 Å². The molecule has 0 saturated carbocycles. The van der Waals surface area contributed by atoms with Gasteiger partial charge in [0.25, 0.3) is 0 Å². The van der Waals surface area contributed by atoms with Gasteiger partial charge >= 0.3 is 5.97 Å². The molecule has 1 fully saturated rings. The molecule has 0 unspecified atom stereocenters. The predicted octanol–water partition coefficient (Wildman–Crippen LogP) is 2.00. The molecule has 102 valence electrons. The fourth-order valence-corrected chi connectivity index (χ4v) is 2.25. The van der Waals surface area contributed by atoms with Crippen LogP contribution in [0.5, 0.6) is 0 Å². The molecule has 2 rings (SSSR count). The lowest BCUT2D eigenvalue weighted by Crippen LogP contribution is -2.41. The lowest BCUT2D eigenvalue weighted by molar-refractivity contribution is -0.157. The summed E-state index contributed by atoms with van der Waals surface area (Å²) in [5.41, 5.74) is 0.433. The molecular formula is C15H19NO3. The van der Waals surface area contributed by atoms with Crippen molar-refractivity contribution in [2.24, 2.45) is 0 Å². The topological polar surface area (TPSA) is 55.4 Å². The average Bonchev–Trinajstić information content (AvgIpc) is 2.70. The van der Waals surface area contributed by atoms with Gasteiger partial charge in [0.2, 0.25) is 5.91 Å². The van der Waals surface area contributed by atoms with Gasteiger partial charge in [0.05, 0.1) is 0 Å². The van der Waals surface area contributed by atoms with Gasteiger partial charge in [-0.2, -0.15) is 0 Å². The van der Waals surface area contributed by atoms with Crippen LogP contribution in [0.1, 0.15) is 38.7 Å². The first-order valence-corrected chi connectivity index (χ1v) is 6.44. The average molecular weight is 261 g/mol. The number of carbonyl (C=O) groups is 2. The first kappa shape index (κ1) is 13.6. The Bertz CT molecular complexity index is 476. The summed E-state index contributed by atoms with van der Waals surface area (Å²) in [4.78, 5) is 23.7. The number of rotatable bonds is 2. The summed E-state index contributed by atoms with van der Waals surface area (Å²) < 4.78 is 5.37. The van der Waals surface area contributed by atoms with Gasteiger partial charge in [-0.15, -0.1) is 0 Å². The minimum Gasteiger partial charge on any atom is -0.458 e. The summed E-state index contributed by atoms with van der Waals surface area (Å²) in [7, 11) is 0. The molecule has 1 heterocycles. The van der Waals surface area contributed by atoms with E-state index in [2.05, 4.69) is 5.32 Å². The highest BCUT2D eigenvalue weighted by molar-refractivity contribution is 5.90. The maximum atomic E-state index is 12.2. The van der Waals surface area contributed by atoms with E-state index in [1.54, 1.807) is 0 Å². The summed E-state index contributed by atoms with van der Waals surface area (Å²) >= 11 is 0. The lowest BCUT2D eigenvalue weighted by Gasteiger charge is -2.24. The van der Waals surface area contributed by atoms with Crippen molar-refractivity contribution in [3.05, 3.63) is 35.9 Å². The van der Waals surface area contributed by atoms with E-state index >= 15 is 0 Å². The van der Waals surface area contributed by atoms with Crippen LogP contribution >= 0.6 is 0 Å². The number of nitrogens with one attached hydrogen (secondary N) is 1. The van der Waals surface area contributed by atoms with Gasteiger partial charge in [0.15, 0.2) is 0 Å². The summed E-state index contributed by atoms with van der Waals surface area (Å²) in [5, 5.41) is 2.71. The van der Waals surface area contributed by atoms with E-state index in [0.29, 0.717) is 6.42 Å². The van der Waals surface area contributed by atoms with Gasteiger partial charge in [-0.05, 0) is 26.3 Å². The minimum absolute atomic E-state index is 0.107. The van der Waals surface area contributed by atoms with E-state index < -0.39 is 11.6 Å². The number of esters is 1. The summed E-state index contributed by atoms with van der Waals surface area (Å²) in [6, 6.07) is 9.00. The Hall–Kier alpha value is -1.84. The normalized spacial score (nSPS) is 23.0. The highest BCUT2D eigenvalue weighted by Gasteiger charge is 2.40. The zero-order valence-electron chi connectivity index (χ0n) is 11.5. The second-order valence-electron chi connectivity index (χ2n) is 5.80. The number of benzene rings is 1. The Kier molecular flexibility index (Phi) is 3.60. The van der Waals surface area contributed by atoms with Crippen LogP contribution in [-0.2, 0) is 14.3 Å². The first-order chi connectivity index (χ1) is 8.87. The van der Waals surface area contributed by atoms with Crippen LogP contribution in [0.3, 0.4) is 0 Å². The van der Waals surface area contributed by atoms with Crippen LogP contribution in [0, 0.1) is 0 Å². The molecule has 0 aromatic heterocycles. The molecule has 1 N–H and O–H groups in total. The Balaban J connectivity index is 2.19. The van der Waals surface area contributed by atoms with Crippen LogP contribution in [0.25, 0.3) is 0 Å². The number of amides is 1. The summed E-state index contributed by atoms with van der Waals surface area (Å²) in [6.45, 7) is 5.46. The maximum absolute atomic E-state index is 12.2. The third kappa shape index (κ3) is 3.34. The molecule has 4 heteroatoms. The molecule has 2 atom stereocenters. The van der Waals surface area contributed by atoms with Crippen molar-refractivity contribution in [1.82, 2.24) is 5.32 Å². The van der Waals surface area contributed by atoms with Gasteiger partial charge in [-0.3, -0.25) is 4.79 Å². The van der Waals surface area contributed by atoms with Crippen LogP contribution in [0.15, 0.2) is 30.3 Å². The number of hydrogen-bond donors (Lipinski definition) is 1. The molecule has 1 aromatic rings. The van der Waals surface area contributed by atoms with E-state index in [1.807, 2.05) is 51.1 Å². The van der Waals surface area contributed by atoms with Crippen molar-refractivity contribution < 1.29 is 14.3 Å². The molecule has 1 saturated heterocycles. The molecule has 19 heavy (non-hydrogen) atoms. The summed E-state index contributed by atoms with van der Waals surface area (Å²) in [5.74, 6) is -0.625. The molecule has 1 aromatic carbocycles. The molecule has 0 aliphatic carbocycles. The van der Waals surface area contributed by atoms with Gasteiger partial charge < -0.3 is 10.1 Å². The smallest absolute Gasteiger partial charge is 0.329 e. The molecule has 0 radical (unpaired) electrons. The van der Waals surface area contributed by atoms with E-state index in [0.717, 1.165) is 5.56 Å². The third-order valence-electron chi connectivity index (χ3n) is 3.01. The van der Waals surface area contributed by atoms with Crippen molar-refractivity contribution in [3.63, 3.8) is 0 Å². The first-order valence-electron chi connectivity index (χ1n) is 6.44. The fraction of sp³-hybridized carbons (Fsp3) is 0.467. The van der Waals surface area contributed by atoms with E-state index in [-0.39, 0.29) is 17.8 Å². The van der Waals surface area contributed by atoms with Gasteiger partial charge in [0, 0.05) is 12.3 Å². The minimum atomic E-state index is -0.589. The Labute approximate surface area is 113 Å². The fourth-order valence-electron chi connectivity index (χ4n) is 2.25. The second-order valence-corrected chi connectivity index (χ2v) is 5.80. The molecule has 1 aliphatic heterocycles. The van der Waals surface area contributed by atoms with Gasteiger partial charge in [-0.1, -0.05) is 30.3 Å². The molecule has 1 aliphatic rings. The van der Waals surface area contributed by atoms with E-state index in [1.165, 1.54) is 0 Å². The monoisotopic (exact) mass is 261 g/mol. The Morgan fingerprint density at radius 2 is 1.89 bits per heavy atom. The quantitative estimate of drug-likeness (QED) is 0.828. The van der Waals surface area contributed by atoms with Crippen molar-refractivity contribution in [1.29, 1.82) is 0 Å². The van der Waals surface area contributed by atoms with Crippen molar-refractivity contribution in [2.75, 3.05) is 0 Å². The Morgan fingerprint density at radius 3 is 2.47 bits per heavy atom. The number of ether oxygens (including phenoxy) is 1. The number of hydrogen-bond acceptors (Lipinski definition) is 3. The zero-order valence-corrected chi connectivity index (χ0v) is 11.5. The van der Waals surface area contributed by atoms with Gasteiger partial charge in [0.1, 0.15) is 11.6 Å². The summed E-state index contributed by atoms with van der Waals surface area (Å²) in [6.07, 6.45) is 0.327. The Morgan fingerprint density at radius 1 is 1.26 bits per heavy atom. The third-order valence-corrected chi connectivity index (χ3v) is 3.01.